The lowest BCUT2D eigenvalue weighted by Gasteiger charge is -2.21. The van der Waals surface area contributed by atoms with E-state index >= 15 is 0 Å². The third-order valence-electron chi connectivity index (χ3n) is 4.40. The van der Waals surface area contributed by atoms with Crippen molar-refractivity contribution in [3.8, 4) is 17.3 Å². The average molecular weight is 446 g/mol. The largest absolute Gasteiger partial charge is 0.420 e. The Hall–Kier alpha value is -2.48. The number of carbonyl (C=O) groups excluding carboxylic acids is 1. The van der Waals surface area contributed by atoms with E-state index in [1.54, 1.807) is 11.6 Å². The second-order valence-corrected chi connectivity index (χ2v) is 7.42. The summed E-state index contributed by atoms with van der Waals surface area (Å²) in [6.45, 7) is 9.40. The number of carbonyl (C=O) groups is 1. The number of halogens is 1. The standard InChI is InChI=1S/C20H24BrN5O2/c1-5-11-25(12-6-2)20(27)15-7-9-16(10-8-15)26-13(3)17(21)18(24-26)19-23-22-14(4)28-19/h7-10H,5-6,11-12H2,1-4H3. The van der Waals surface area contributed by atoms with Crippen LogP contribution in [0.5, 0.6) is 0 Å². The molecule has 2 aromatic heterocycles. The van der Waals surface area contributed by atoms with Gasteiger partial charge in [-0.15, -0.1) is 10.2 Å². The molecule has 7 nitrogen and oxygen atoms in total. The Balaban J connectivity index is 1.89. The summed E-state index contributed by atoms with van der Waals surface area (Å²) in [6.07, 6.45) is 1.89. The van der Waals surface area contributed by atoms with Crippen LogP contribution in [-0.4, -0.2) is 43.9 Å². The van der Waals surface area contributed by atoms with Crippen LogP contribution in [0, 0.1) is 13.8 Å². The Morgan fingerprint density at radius 1 is 1.11 bits per heavy atom. The van der Waals surface area contributed by atoms with Crippen molar-refractivity contribution in [2.75, 3.05) is 13.1 Å². The van der Waals surface area contributed by atoms with Crippen molar-refractivity contribution in [1.29, 1.82) is 0 Å². The van der Waals surface area contributed by atoms with E-state index in [1.165, 1.54) is 0 Å². The van der Waals surface area contributed by atoms with Crippen LogP contribution in [0.3, 0.4) is 0 Å². The van der Waals surface area contributed by atoms with Crippen LogP contribution in [0.2, 0.25) is 0 Å². The summed E-state index contributed by atoms with van der Waals surface area (Å²) in [6, 6.07) is 7.50. The predicted molar refractivity (Wildman–Crippen MR) is 111 cm³/mol. The van der Waals surface area contributed by atoms with Crippen LogP contribution in [-0.2, 0) is 0 Å². The van der Waals surface area contributed by atoms with Crippen LogP contribution < -0.4 is 0 Å². The molecule has 3 rings (SSSR count). The summed E-state index contributed by atoms with van der Waals surface area (Å²) in [5.74, 6) is 0.920. The van der Waals surface area contributed by atoms with Crippen LogP contribution in [0.15, 0.2) is 33.2 Å². The van der Waals surface area contributed by atoms with Crippen molar-refractivity contribution in [1.82, 2.24) is 24.9 Å². The minimum absolute atomic E-state index is 0.0654. The minimum Gasteiger partial charge on any atom is -0.420 e. The molecule has 0 radical (unpaired) electrons. The molecule has 0 saturated carbocycles. The van der Waals surface area contributed by atoms with Gasteiger partial charge in [-0.05, 0) is 60.0 Å². The maximum atomic E-state index is 12.8. The van der Waals surface area contributed by atoms with Crippen molar-refractivity contribution in [2.24, 2.45) is 0 Å². The highest BCUT2D eigenvalue weighted by atomic mass is 79.9. The number of amides is 1. The molecule has 3 aromatic rings. The summed E-state index contributed by atoms with van der Waals surface area (Å²) >= 11 is 3.56. The number of hydrogen-bond acceptors (Lipinski definition) is 5. The molecule has 1 amide bonds. The fourth-order valence-electron chi connectivity index (χ4n) is 3.05. The SMILES string of the molecule is CCCN(CCC)C(=O)c1ccc(-n2nc(-c3nnc(C)o3)c(Br)c2C)cc1. The van der Waals surface area contributed by atoms with Crippen LogP contribution >= 0.6 is 15.9 Å². The highest BCUT2D eigenvalue weighted by Crippen LogP contribution is 2.30. The van der Waals surface area contributed by atoms with E-state index in [-0.39, 0.29) is 5.91 Å². The molecule has 0 spiro atoms. The Morgan fingerprint density at radius 2 is 1.75 bits per heavy atom. The molecule has 0 atom stereocenters. The van der Waals surface area contributed by atoms with Crippen LogP contribution in [0.4, 0.5) is 0 Å². The van der Waals surface area contributed by atoms with Gasteiger partial charge in [0, 0.05) is 25.6 Å². The summed E-state index contributed by atoms with van der Waals surface area (Å²) in [7, 11) is 0. The molecule has 0 saturated heterocycles. The highest BCUT2D eigenvalue weighted by Gasteiger charge is 2.20. The molecule has 0 N–H and O–H groups in total. The van der Waals surface area contributed by atoms with E-state index in [0.29, 0.717) is 23.0 Å². The first-order valence-electron chi connectivity index (χ1n) is 9.41. The van der Waals surface area contributed by atoms with Crippen molar-refractivity contribution < 1.29 is 9.21 Å². The maximum absolute atomic E-state index is 12.8. The van der Waals surface area contributed by atoms with Gasteiger partial charge in [-0.2, -0.15) is 5.10 Å². The summed E-state index contributed by atoms with van der Waals surface area (Å²) in [4.78, 5) is 14.7. The normalized spacial score (nSPS) is 11.0. The quantitative estimate of drug-likeness (QED) is 0.532. The topological polar surface area (TPSA) is 77.1 Å². The third kappa shape index (κ3) is 4.01. The second-order valence-electron chi connectivity index (χ2n) is 6.63. The van der Waals surface area contributed by atoms with Crippen LogP contribution in [0.25, 0.3) is 17.3 Å². The van der Waals surface area contributed by atoms with Gasteiger partial charge in [-0.1, -0.05) is 13.8 Å². The van der Waals surface area contributed by atoms with Gasteiger partial charge in [0.05, 0.1) is 15.9 Å². The molecule has 148 valence electrons. The molecular weight excluding hydrogens is 422 g/mol. The molecule has 1 aromatic carbocycles. The fourth-order valence-corrected chi connectivity index (χ4v) is 3.46. The van der Waals surface area contributed by atoms with E-state index in [2.05, 4.69) is 45.1 Å². The van der Waals surface area contributed by atoms with Gasteiger partial charge >= 0.3 is 0 Å². The Kier molecular flexibility index (Phi) is 6.28. The Bertz CT molecular complexity index is 956. The zero-order chi connectivity index (χ0) is 20.3. The van der Waals surface area contributed by atoms with E-state index in [0.717, 1.165) is 41.8 Å². The van der Waals surface area contributed by atoms with Gasteiger partial charge < -0.3 is 9.32 Å². The molecular formula is C20H24BrN5O2. The second kappa shape index (κ2) is 8.68. The lowest BCUT2D eigenvalue weighted by atomic mass is 10.1. The number of nitrogens with zero attached hydrogens (tertiary/aromatic N) is 5. The monoisotopic (exact) mass is 445 g/mol. The average Bonchev–Trinajstić information content (AvgIpc) is 3.25. The first kappa shape index (κ1) is 20.3. The van der Waals surface area contributed by atoms with Crippen molar-refractivity contribution >= 4 is 21.8 Å². The van der Waals surface area contributed by atoms with E-state index in [4.69, 9.17) is 4.42 Å². The molecule has 2 heterocycles. The predicted octanol–water partition coefficient (Wildman–Crippen LogP) is 4.56. The molecule has 8 heteroatoms. The van der Waals surface area contributed by atoms with E-state index in [1.807, 2.05) is 36.1 Å². The highest BCUT2D eigenvalue weighted by molar-refractivity contribution is 9.10. The van der Waals surface area contributed by atoms with Crippen LogP contribution in [0.1, 0.15) is 48.6 Å². The number of aryl methyl sites for hydroxylation is 1. The molecule has 0 aliphatic carbocycles. The molecule has 28 heavy (non-hydrogen) atoms. The smallest absolute Gasteiger partial charge is 0.269 e. The number of rotatable bonds is 7. The number of hydrogen-bond donors (Lipinski definition) is 0. The van der Waals surface area contributed by atoms with Gasteiger partial charge in [0.2, 0.25) is 5.89 Å². The molecule has 0 unspecified atom stereocenters. The maximum Gasteiger partial charge on any atom is 0.269 e. The van der Waals surface area contributed by atoms with Crippen molar-refractivity contribution in [2.45, 2.75) is 40.5 Å². The zero-order valence-electron chi connectivity index (χ0n) is 16.6. The molecule has 0 aliphatic rings. The van der Waals surface area contributed by atoms with Gasteiger partial charge in [0.1, 0.15) is 0 Å². The zero-order valence-corrected chi connectivity index (χ0v) is 18.2. The van der Waals surface area contributed by atoms with Crippen molar-refractivity contribution in [3.63, 3.8) is 0 Å². The Morgan fingerprint density at radius 3 is 2.29 bits per heavy atom. The Labute approximate surface area is 172 Å². The lowest BCUT2D eigenvalue weighted by Crippen LogP contribution is -2.32. The van der Waals surface area contributed by atoms with Gasteiger partial charge in [0.15, 0.2) is 5.69 Å². The fraction of sp³-hybridized carbons (Fsp3) is 0.400. The van der Waals surface area contributed by atoms with E-state index < -0.39 is 0 Å². The number of benzene rings is 1. The lowest BCUT2D eigenvalue weighted by molar-refractivity contribution is 0.0755. The first-order chi connectivity index (χ1) is 13.5. The molecule has 0 aliphatic heterocycles. The third-order valence-corrected chi connectivity index (χ3v) is 5.35. The summed E-state index contributed by atoms with van der Waals surface area (Å²) in [5.41, 5.74) is 3.04. The van der Waals surface area contributed by atoms with E-state index in [9.17, 15) is 4.79 Å². The summed E-state index contributed by atoms with van der Waals surface area (Å²) in [5, 5.41) is 12.5. The first-order valence-corrected chi connectivity index (χ1v) is 10.2. The minimum atomic E-state index is 0.0654. The molecule has 0 bridgehead atoms. The number of aromatic nitrogens is 4. The van der Waals surface area contributed by atoms with Gasteiger partial charge in [-0.3, -0.25) is 4.79 Å². The summed E-state index contributed by atoms with van der Waals surface area (Å²) < 4.78 is 8.09. The van der Waals surface area contributed by atoms with Gasteiger partial charge in [-0.25, -0.2) is 4.68 Å². The van der Waals surface area contributed by atoms with Crippen molar-refractivity contribution in [3.05, 3.63) is 45.9 Å². The molecule has 0 fully saturated rings. The van der Waals surface area contributed by atoms with Gasteiger partial charge in [0.25, 0.3) is 11.8 Å².